The van der Waals surface area contributed by atoms with Gasteiger partial charge in [0.15, 0.2) is 0 Å². The van der Waals surface area contributed by atoms with E-state index in [-0.39, 0.29) is 5.91 Å². The van der Waals surface area contributed by atoms with Gasteiger partial charge in [-0.15, -0.1) is 0 Å². The molecule has 1 fully saturated rings. The van der Waals surface area contributed by atoms with E-state index in [9.17, 15) is 4.79 Å². The Morgan fingerprint density at radius 3 is 3.00 bits per heavy atom. The third-order valence-electron chi connectivity index (χ3n) is 3.83. The minimum Gasteiger partial charge on any atom is -0.345 e. The number of carbonyl (C=O) groups is 1. The molecular formula is C16H24N2O. The smallest absolute Gasteiger partial charge is 0.223 e. The monoisotopic (exact) mass is 260 g/mol. The third-order valence-corrected chi connectivity index (χ3v) is 3.83. The predicted molar refractivity (Wildman–Crippen MR) is 78.2 cm³/mol. The molecule has 1 aliphatic heterocycles. The summed E-state index contributed by atoms with van der Waals surface area (Å²) < 4.78 is 0. The summed E-state index contributed by atoms with van der Waals surface area (Å²) in [5, 5.41) is 3.38. The standard InChI is InChI=1S/C16H24N2O/c1-13-5-3-6-14(11-13)8-10-18(2)16(19)12-15-7-4-9-17-15/h3,5-6,11,15,17H,4,7-10,12H2,1-2H3. The average Bonchev–Trinajstić information content (AvgIpc) is 2.89. The zero-order valence-corrected chi connectivity index (χ0v) is 12.0. The van der Waals surface area contributed by atoms with Gasteiger partial charge in [-0.1, -0.05) is 29.8 Å². The Labute approximate surface area is 116 Å². The Balaban J connectivity index is 1.76. The number of hydrogen-bond acceptors (Lipinski definition) is 2. The Morgan fingerprint density at radius 2 is 2.32 bits per heavy atom. The molecule has 0 aliphatic carbocycles. The zero-order chi connectivity index (χ0) is 13.7. The number of carbonyl (C=O) groups excluding carboxylic acids is 1. The van der Waals surface area contributed by atoms with Gasteiger partial charge in [-0.25, -0.2) is 0 Å². The lowest BCUT2D eigenvalue weighted by Crippen LogP contribution is -2.34. The van der Waals surface area contributed by atoms with Crippen molar-refractivity contribution in [3.8, 4) is 0 Å². The Hall–Kier alpha value is -1.35. The number of rotatable bonds is 5. The van der Waals surface area contributed by atoms with Crippen LogP contribution in [-0.4, -0.2) is 37.0 Å². The number of aryl methyl sites for hydroxylation is 1. The molecule has 104 valence electrons. The Kier molecular flexibility index (Phi) is 4.97. The fraction of sp³-hybridized carbons (Fsp3) is 0.562. The van der Waals surface area contributed by atoms with Crippen LogP contribution in [0.1, 0.15) is 30.4 Å². The molecule has 1 unspecified atom stereocenters. The van der Waals surface area contributed by atoms with E-state index in [2.05, 4.69) is 36.5 Å². The van der Waals surface area contributed by atoms with Crippen LogP contribution in [0.2, 0.25) is 0 Å². The van der Waals surface area contributed by atoms with Crippen LogP contribution in [0, 0.1) is 6.92 Å². The molecule has 1 N–H and O–H groups in total. The average molecular weight is 260 g/mol. The molecule has 1 atom stereocenters. The molecule has 0 bridgehead atoms. The first kappa shape index (κ1) is 14.1. The first-order valence-electron chi connectivity index (χ1n) is 7.18. The van der Waals surface area contributed by atoms with Gasteiger partial charge < -0.3 is 10.2 Å². The second-order valence-electron chi connectivity index (χ2n) is 5.55. The van der Waals surface area contributed by atoms with Crippen molar-refractivity contribution in [3.05, 3.63) is 35.4 Å². The number of amides is 1. The van der Waals surface area contributed by atoms with E-state index in [1.165, 1.54) is 17.5 Å². The van der Waals surface area contributed by atoms with Gasteiger partial charge in [0.1, 0.15) is 0 Å². The number of benzene rings is 1. The minimum atomic E-state index is 0.257. The van der Waals surface area contributed by atoms with Crippen molar-refractivity contribution < 1.29 is 4.79 Å². The van der Waals surface area contributed by atoms with Crippen molar-refractivity contribution in [1.29, 1.82) is 0 Å². The largest absolute Gasteiger partial charge is 0.345 e. The van der Waals surface area contributed by atoms with E-state index < -0.39 is 0 Å². The number of nitrogens with one attached hydrogen (secondary N) is 1. The molecule has 0 radical (unpaired) electrons. The molecule has 1 aromatic rings. The fourth-order valence-electron chi connectivity index (χ4n) is 2.59. The summed E-state index contributed by atoms with van der Waals surface area (Å²) in [5.41, 5.74) is 2.58. The van der Waals surface area contributed by atoms with Gasteiger partial charge in [-0.2, -0.15) is 0 Å². The quantitative estimate of drug-likeness (QED) is 0.879. The molecule has 1 amide bonds. The van der Waals surface area contributed by atoms with Gasteiger partial charge in [-0.05, 0) is 38.3 Å². The van der Waals surface area contributed by atoms with Gasteiger partial charge in [0.05, 0.1) is 0 Å². The Bertz CT molecular complexity index is 425. The van der Waals surface area contributed by atoms with E-state index in [0.717, 1.165) is 25.9 Å². The molecule has 2 rings (SSSR count). The van der Waals surface area contributed by atoms with Crippen molar-refractivity contribution in [2.75, 3.05) is 20.1 Å². The first-order valence-corrected chi connectivity index (χ1v) is 7.18. The molecule has 1 saturated heterocycles. The lowest BCUT2D eigenvalue weighted by atomic mass is 10.1. The zero-order valence-electron chi connectivity index (χ0n) is 12.0. The van der Waals surface area contributed by atoms with Crippen LogP contribution in [0.5, 0.6) is 0 Å². The molecule has 1 aromatic carbocycles. The highest BCUT2D eigenvalue weighted by Crippen LogP contribution is 2.11. The predicted octanol–water partition coefficient (Wildman–Crippen LogP) is 2.14. The summed E-state index contributed by atoms with van der Waals surface area (Å²) >= 11 is 0. The summed E-state index contributed by atoms with van der Waals surface area (Å²) in [6, 6.07) is 8.90. The lowest BCUT2D eigenvalue weighted by Gasteiger charge is -2.19. The van der Waals surface area contributed by atoms with Crippen LogP contribution < -0.4 is 5.32 Å². The van der Waals surface area contributed by atoms with E-state index in [0.29, 0.717) is 12.5 Å². The molecule has 19 heavy (non-hydrogen) atoms. The molecule has 1 heterocycles. The summed E-state index contributed by atoms with van der Waals surface area (Å²) in [4.78, 5) is 13.9. The van der Waals surface area contributed by atoms with Crippen LogP contribution in [0.4, 0.5) is 0 Å². The Morgan fingerprint density at radius 1 is 1.47 bits per heavy atom. The molecule has 0 aromatic heterocycles. The third kappa shape index (κ3) is 4.35. The van der Waals surface area contributed by atoms with Crippen LogP contribution in [-0.2, 0) is 11.2 Å². The van der Waals surface area contributed by atoms with E-state index in [1.807, 2.05) is 11.9 Å². The second-order valence-corrected chi connectivity index (χ2v) is 5.55. The molecule has 3 nitrogen and oxygen atoms in total. The summed E-state index contributed by atoms with van der Waals surface area (Å²) in [6.07, 6.45) is 3.91. The molecule has 1 aliphatic rings. The van der Waals surface area contributed by atoms with E-state index in [4.69, 9.17) is 0 Å². The van der Waals surface area contributed by atoms with Gasteiger partial charge >= 0.3 is 0 Å². The van der Waals surface area contributed by atoms with Crippen LogP contribution in [0.25, 0.3) is 0 Å². The van der Waals surface area contributed by atoms with Gasteiger partial charge in [0.25, 0.3) is 0 Å². The normalized spacial score (nSPS) is 18.5. The maximum atomic E-state index is 12.1. The summed E-state index contributed by atoms with van der Waals surface area (Å²) in [5.74, 6) is 0.257. The molecule has 0 saturated carbocycles. The number of nitrogens with zero attached hydrogens (tertiary/aromatic N) is 1. The van der Waals surface area contributed by atoms with Crippen LogP contribution >= 0.6 is 0 Å². The van der Waals surface area contributed by atoms with Crippen molar-refractivity contribution in [2.24, 2.45) is 0 Å². The number of likely N-dealkylation sites (N-methyl/N-ethyl adjacent to an activating group) is 1. The van der Waals surface area contributed by atoms with Gasteiger partial charge in [0, 0.05) is 26.1 Å². The van der Waals surface area contributed by atoms with E-state index >= 15 is 0 Å². The van der Waals surface area contributed by atoms with Crippen molar-refractivity contribution in [3.63, 3.8) is 0 Å². The second kappa shape index (κ2) is 6.71. The summed E-state index contributed by atoms with van der Waals surface area (Å²) in [6.45, 7) is 3.96. The molecule has 0 spiro atoms. The van der Waals surface area contributed by atoms with Crippen molar-refractivity contribution in [2.45, 2.75) is 38.6 Å². The van der Waals surface area contributed by atoms with Crippen molar-refractivity contribution in [1.82, 2.24) is 10.2 Å². The SMILES string of the molecule is Cc1cccc(CCN(C)C(=O)CC2CCCN2)c1. The molecular weight excluding hydrogens is 236 g/mol. The van der Waals surface area contributed by atoms with Crippen molar-refractivity contribution >= 4 is 5.91 Å². The maximum absolute atomic E-state index is 12.1. The van der Waals surface area contributed by atoms with E-state index in [1.54, 1.807) is 0 Å². The highest BCUT2D eigenvalue weighted by Gasteiger charge is 2.19. The highest BCUT2D eigenvalue weighted by atomic mass is 16.2. The number of hydrogen-bond donors (Lipinski definition) is 1. The van der Waals surface area contributed by atoms with Crippen LogP contribution in [0.3, 0.4) is 0 Å². The minimum absolute atomic E-state index is 0.257. The summed E-state index contributed by atoms with van der Waals surface area (Å²) in [7, 11) is 1.91. The topological polar surface area (TPSA) is 32.3 Å². The van der Waals surface area contributed by atoms with Gasteiger partial charge in [-0.3, -0.25) is 4.79 Å². The first-order chi connectivity index (χ1) is 9.15. The van der Waals surface area contributed by atoms with Gasteiger partial charge in [0.2, 0.25) is 5.91 Å². The fourth-order valence-corrected chi connectivity index (χ4v) is 2.59. The van der Waals surface area contributed by atoms with Crippen LogP contribution in [0.15, 0.2) is 24.3 Å². The highest BCUT2D eigenvalue weighted by molar-refractivity contribution is 5.76. The molecule has 3 heteroatoms. The lowest BCUT2D eigenvalue weighted by molar-refractivity contribution is -0.130. The maximum Gasteiger partial charge on any atom is 0.223 e.